The molecule has 108 valence electrons. The zero-order chi connectivity index (χ0) is 14.0. The van der Waals surface area contributed by atoms with Crippen LogP contribution >= 0.6 is 0 Å². The van der Waals surface area contributed by atoms with Crippen molar-refractivity contribution in [1.29, 1.82) is 0 Å². The van der Waals surface area contributed by atoms with Crippen molar-refractivity contribution in [2.75, 3.05) is 26.0 Å². The summed E-state index contributed by atoms with van der Waals surface area (Å²) in [7, 11) is -3.22. The van der Waals surface area contributed by atoms with Crippen molar-refractivity contribution in [2.24, 2.45) is 0 Å². The molecule has 1 aliphatic rings. The van der Waals surface area contributed by atoms with Gasteiger partial charge in [0.2, 0.25) is 5.89 Å². The highest BCUT2D eigenvalue weighted by atomic mass is 32.2. The molecule has 0 amide bonds. The first-order valence-corrected chi connectivity index (χ1v) is 8.22. The summed E-state index contributed by atoms with van der Waals surface area (Å²) in [5.74, 6) is 0.626. The van der Waals surface area contributed by atoms with Crippen LogP contribution in [0.5, 0.6) is 0 Å². The molecule has 0 aromatic carbocycles. The Labute approximate surface area is 112 Å². The summed E-state index contributed by atoms with van der Waals surface area (Å²) >= 11 is 0. The van der Waals surface area contributed by atoms with Crippen LogP contribution in [0.25, 0.3) is 0 Å². The van der Waals surface area contributed by atoms with E-state index in [1.807, 2.05) is 6.92 Å². The number of nitrogens with one attached hydrogen (secondary N) is 1. The normalized spacial score (nSPS) is 25.6. The Hall–Kier alpha value is -0.990. The van der Waals surface area contributed by atoms with Crippen molar-refractivity contribution < 1.29 is 17.7 Å². The van der Waals surface area contributed by atoms with Crippen LogP contribution in [0.15, 0.2) is 4.52 Å². The Morgan fingerprint density at radius 2 is 2.21 bits per heavy atom. The highest BCUT2D eigenvalue weighted by Crippen LogP contribution is 2.26. The second kappa shape index (κ2) is 5.56. The zero-order valence-corrected chi connectivity index (χ0v) is 12.1. The summed E-state index contributed by atoms with van der Waals surface area (Å²) in [4.78, 5) is 4.21. The quantitative estimate of drug-likeness (QED) is 0.831. The minimum absolute atomic E-state index is 0.0204. The van der Waals surface area contributed by atoms with E-state index in [0.29, 0.717) is 19.1 Å². The number of nitrogens with zero attached hydrogens (tertiary/aromatic N) is 2. The van der Waals surface area contributed by atoms with E-state index in [1.165, 1.54) is 0 Å². The van der Waals surface area contributed by atoms with Crippen molar-refractivity contribution in [3.05, 3.63) is 11.7 Å². The van der Waals surface area contributed by atoms with E-state index in [1.54, 1.807) is 6.92 Å². The first-order valence-electron chi connectivity index (χ1n) is 6.27. The van der Waals surface area contributed by atoms with Crippen LogP contribution in [-0.4, -0.2) is 50.6 Å². The van der Waals surface area contributed by atoms with Crippen molar-refractivity contribution >= 4 is 9.84 Å². The molecule has 8 heteroatoms. The maximum Gasteiger partial charge on any atom is 0.233 e. The van der Waals surface area contributed by atoms with E-state index in [0.717, 1.165) is 12.8 Å². The maximum atomic E-state index is 11.5. The molecule has 3 atom stereocenters. The zero-order valence-electron chi connectivity index (χ0n) is 11.3. The molecule has 3 unspecified atom stereocenters. The molecule has 1 saturated heterocycles. The van der Waals surface area contributed by atoms with Gasteiger partial charge in [0.25, 0.3) is 0 Å². The van der Waals surface area contributed by atoms with E-state index in [4.69, 9.17) is 9.26 Å². The largest absolute Gasteiger partial charge is 0.379 e. The lowest BCUT2D eigenvalue weighted by Gasteiger charge is -2.14. The van der Waals surface area contributed by atoms with Gasteiger partial charge >= 0.3 is 0 Å². The van der Waals surface area contributed by atoms with Gasteiger partial charge < -0.3 is 14.6 Å². The minimum Gasteiger partial charge on any atom is -0.379 e. The molecule has 2 heterocycles. The lowest BCUT2D eigenvalue weighted by atomic mass is 10.0. The molecule has 0 bridgehead atoms. The smallest absolute Gasteiger partial charge is 0.233 e. The van der Waals surface area contributed by atoms with Crippen LogP contribution in [0.1, 0.15) is 36.7 Å². The number of likely N-dealkylation sites (N-methyl/N-ethyl adjacent to an activating group) is 1. The predicted molar refractivity (Wildman–Crippen MR) is 68.6 cm³/mol. The summed E-state index contributed by atoms with van der Waals surface area (Å²) in [5.41, 5.74) is 0. The molecule has 2 rings (SSSR count). The fourth-order valence-corrected chi connectivity index (χ4v) is 2.49. The molecule has 1 N–H and O–H groups in total. The van der Waals surface area contributed by atoms with Crippen LogP contribution in [-0.2, 0) is 14.6 Å². The monoisotopic (exact) mass is 289 g/mol. The third kappa shape index (κ3) is 3.13. The first-order chi connectivity index (χ1) is 8.93. The number of rotatable bonds is 5. The molecule has 0 saturated carbocycles. The van der Waals surface area contributed by atoms with Gasteiger partial charge in [0, 0.05) is 12.3 Å². The van der Waals surface area contributed by atoms with Gasteiger partial charge in [-0.1, -0.05) is 12.1 Å². The molecule has 19 heavy (non-hydrogen) atoms. The Balaban J connectivity index is 2.17. The second-order valence-corrected chi connectivity index (χ2v) is 7.14. The minimum atomic E-state index is -3.22. The van der Waals surface area contributed by atoms with Gasteiger partial charge in [-0.15, -0.1) is 0 Å². The van der Waals surface area contributed by atoms with E-state index in [2.05, 4.69) is 15.5 Å². The Bertz CT molecular complexity index is 528. The first kappa shape index (κ1) is 14.4. The fourth-order valence-electron chi connectivity index (χ4n) is 2.02. The summed E-state index contributed by atoms with van der Waals surface area (Å²) in [6.07, 6.45) is 1.16. The summed E-state index contributed by atoms with van der Waals surface area (Å²) in [6.45, 7) is 5.49. The van der Waals surface area contributed by atoms with Crippen molar-refractivity contribution in [1.82, 2.24) is 15.5 Å². The molecular weight excluding hydrogens is 270 g/mol. The van der Waals surface area contributed by atoms with E-state index >= 15 is 0 Å². The highest BCUT2D eigenvalue weighted by Gasteiger charge is 2.34. The van der Waals surface area contributed by atoms with Crippen molar-refractivity contribution in [3.8, 4) is 0 Å². The summed E-state index contributed by atoms with van der Waals surface area (Å²) in [5, 5.41) is 6.30. The number of sulfone groups is 1. The average molecular weight is 289 g/mol. The average Bonchev–Trinajstić information content (AvgIpc) is 2.94. The van der Waals surface area contributed by atoms with Gasteiger partial charge in [-0.2, -0.15) is 4.98 Å². The van der Waals surface area contributed by atoms with Crippen molar-refractivity contribution in [3.63, 3.8) is 0 Å². The highest BCUT2D eigenvalue weighted by molar-refractivity contribution is 7.90. The number of hydrogen-bond donors (Lipinski definition) is 1. The number of aromatic nitrogens is 2. The molecular formula is C11H19N3O4S. The lowest BCUT2D eigenvalue weighted by Crippen LogP contribution is -2.34. The van der Waals surface area contributed by atoms with Gasteiger partial charge in [0.1, 0.15) is 5.25 Å². The van der Waals surface area contributed by atoms with E-state index < -0.39 is 15.1 Å². The molecule has 0 spiro atoms. The van der Waals surface area contributed by atoms with Crippen LogP contribution in [0, 0.1) is 0 Å². The predicted octanol–water partition coefficient (Wildman–Crippen LogP) is 0.267. The molecule has 1 aromatic heterocycles. The number of hydrogen-bond acceptors (Lipinski definition) is 7. The summed E-state index contributed by atoms with van der Waals surface area (Å²) in [6, 6.07) is 0.131. The fraction of sp³-hybridized carbons (Fsp3) is 0.818. The third-order valence-corrected chi connectivity index (χ3v) is 4.82. The third-order valence-electron chi connectivity index (χ3n) is 3.33. The Morgan fingerprint density at radius 3 is 2.84 bits per heavy atom. The van der Waals surface area contributed by atoms with Crippen LogP contribution in [0.3, 0.4) is 0 Å². The van der Waals surface area contributed by atoms with Gasteiger partial charge in [0.15, 0.2) is 15.7 Å². The van der Waals surface area contributed by atoms with Gasteiger partial charge in [-0.3, -0.25) is 0 Å². The Morgan fingerprint density at radius 1 is 1.47 bits per heavy atom. The molecule has 0 aliphatic carbocycles. The molecule has 1 fully saturated rings. The summed E-state index contributed by atoms with van der Waals surface area (Å²) < 4.78 is 33.5. The van der Waals surface area contributed by atoms with Crippen molar-refractivity contribution in [2.45, 2.75) is 31.1 Å². The molecule has 1 aliphatic heterocycles. The number of ether oxygens (including phenoxy) is 1. The maximum absolute atomic E-state index is 11.5. The lowest BCUT2D eigenvalue weighted by molar-refractivity contribution is 0.185. The van der Waals surface area contributed by atoms with Crippen LogP contribution < -0.4 is 5.32 Å². The second-order valence-electron chi connectivity index (χ2n) is 4.77. The van der Waals surface area contributed by atoms with Crippen LogP contribution in [0.2, 0.25) is 0 Å². The van der Waals surface area contributed by atoms with Gasteiger partial charge in [-0.25, -0.2) is 8.42 Å². The Kier molecular flexibility index (Phi) is 4.22. The SMILES string of the molecule is CCNC1COCC1c1nc(C(C)S(C)(=O)=O)no1. The molecule has 0 radical (unpaired) electrons. The topological polar surface area (TPSA) is 94.3 Å². The molecule has 1 aromatic rings. The molecule has 7 nitrogen and oxygen atoms in total. The van der Waals surface area contributed by atoms with E-state index in [9.17, 15) is 8.42 Å². The van der Waals surface area contributed by atoms with Gasteiger partial charge in [-0.05, 0) is 13.5 Å². The van der Waals surface area contributed by atoms with Crippen LogP contribution in [0.4, 0.5) is 0 Å². The van der Waals surface area contributed by atoms with Gasteiger partial charge in [0.05, 0.1) is 19.1 Å². The van der Waals surface area contributed by atoms with E-state index in [-0.39, 0.29) is 17.8 Å². The standard InChI is InChI=1S/C11H19N3O4S/c1-4-12-9-6-17-5-8(9)11-13-10(14-18-11)7(2)19(3,15)16/h7-9,12H,4-6H2,1-3H3.